The number of fused-ring (bicyclic) bond motifs is 1. The average Bonchev–Trinajstić information content (AvgIpc) is 2.81. The van der Waals surface area contributed by atoms with Gasteiger partial charge in [0.2, 0.25) is 5.91 Å². The Morgan fingerprint density at radius 1 is 1.03 bits per heavy atom. The molecule has 2 heterocycles. The van der Waals surface area contributed by atoms with E-state index in [4.69, 9.17) is 12.2 Å². The van der Waals surface area contributed by atoms with Gasteiger partial charge in [-0.05, 0) is 42.4 Å². The summed E-state index contributed by atoms with van der Waals surface area (Å²) in [7, 11) is 0. The molecule has 1 aliphatic heterocycles. The fourth-order valence-corrected chi connectivity index (χ4v) is 4.49. The van der Waals surface area contributed by atoms with Crippen LogP contribution in [0.1, 0.15) is 24.0 Å². The fraction of sp³-hybridized carbons (Fsp3) is 0.375. The number of nitrogens with one attached hydrogen (secondary N) is 1. The molecule has 0 bridgehead atoms. The molecule has 0 spiro atoms. The Morgan fingerprint density at radius 3 is 2.50 bits per heavy atom. The monoisotopic (exact) mass is 490 g/mol. The van der Waals surface area contributed by atoms with E-state index in [1.54, 1.807) is 29.2 Å². The second kappa shape index (κ2) is 10.1. The summed E-state index contributed by atoms with van der Waals surface area (Å²) in [6.07, 6.45) is -3.58. The lowest BCUT2D eigenvalue weighted by atomic mass is 10.1. The van der Waals surface area contributed by atoms with Gasteiger partial charge >= 0.3 is 6.18 Å². The molecule has 3 aromatic rings. The van der Waals surface area contributed by atoms with E-state index in [0.29, 0.717) is 73.3 Å². The second-order valence-corrected chi connectivity index (χ2v) is 8.78. The number of aromatic nitrogens is 2. The highest BCUT2D eigenvalue weighted by atomic mass is 32.1. The third kappa shape index (κ3) is 5.56. The molecule has 34 heavy (non-hydrogen) atoms. The Labute approximate surface area is 199 Å². The van der Waals surface area contributed by atoms with E-state index >= 15 is 0 Å². The van der Waals surface area contributed by atoms with Crippen molar-refractivity contribution in [3.8, 4) is 0 Å². The van der Waals surface area contributed by atoms with Crippen LogP contribution in [0.25, 0.3) is 10.9 Å². The van der Waals surface area contributed by atoms with Crippen LogP contribution < -0.4 is 5.56 Å². The molecule has 0 unspecified atom stereocenters. The molecule has 2 aromatic carbocycles. The van der Waals surface area contributed by atoms with Crippen LogP contribution in [-0.4, -0.2) is 51.4 Å². The number of alkyl halides is 3. The standard InChI is InChI=1S/C24H25F3N4O2S/c25-24(26,27)18-6-3-5-17(15-18)16-29-11-13-30(14-12-29)21(32)9-4-10-31-22(33)19-7-1-2-8-20(19)28-23(31)34/h1-3,5-8,15H,4,9-14,16H2,(H,28,34). The lowest BCUT2D eigenvalue weighted by Crippen LogP contribution is -2.48. The molecule has 0 radical (unpaired) electrons. The Hall–Kier alpha value is -2.98. The number of H-pyrrole nitrogens is 1. The van der Waals surface area contributed by atoms with Gasteiger partial charge in [-0.2, -0.15) is 13.2 Å². The minimum absolute atomic E-state index is 0.00227. The van der Waals surface area contributed by atoms with Gasteiger partial charge in [0.15, 0.2) is 4.77 Å². The van der Waals surface area contributed by atoms with E-state index in [-0.39, 0.29) is 11.5 Å². The zero-order valence-corrected chi connectivity index (χ0v) is 19.3. The molecule has 1 N–H and O–H groups in total. The number of hydrogen-bond donors (Lipinski definition) is 1. The molecular formula is C24H25F3N4O2S. The fourth-order valence-electron chi connectivity index (χ4n) is 4.21. The topological polar surface area (TPSA) is 61.3 Å². The van der Waals surface area contributed by atoms with E-state index in [1.807, 2.05) is 11.0 Å². The first kappa shape index (κ1) is 24.2. The van der Waals surface area contributed by atoms with Crippen molar-refractivity contribution >= 4 is 29.0 Å². The molecule has 1 amide bonds. The van der Waals surface area contributed by atoms with Crippen molar-refractivity contribution in [3.05, 3.63) is 74.8 Å². The number of hydrogen-bond acceptors (Lipinski definition) is 4. The Kier molecular flexibility index (Phi) is 7.18. The minimum Gasteiger partial charge on any atom is -0.340 e. The van der Waals surface area contributed by atoms with Gasteiger partial charge in [0.1, 0.15) is 0 Å². The average molecular weight is 491 g/mol. The normalized spacial score (nSPS) is 15.1. The van der Waals surface area contributed by atoms with Gasteiger partial charge < -0.3 is 9.88 Å². The second-order valence-electron chi connectivity index (χ2n) is 8.39. The van der Waals surface area contributed by atoms with Gasteiger partial charge in [-0.15, -0.1) is 0 Å². The van der Waals surface area contributed by atoms with Crippen LogP contribution in [0.2, 0.25) is 0 Å². The van der Waals surface area contributed by atoms with Crippen LogP contribution in [0, 0.1) is 4.77 Å². The summed E-state index contributed by atoms with van der Waals surface area (Å²) in [5.74, 6) is 0.00227. The summed E-state index contributed by atoms with van der Waals surface area (Å²) in [5.41, 5.74) is 0.471. The zero-order chi connectivity index (χ0) is 24.3. The lowest BCUT2D eigenvalue weighted by Gasteiger charge is -2.35. The number of halogens is 3. The van der Waals surface area contributed by atoms with Crippen LogP contribution >= 0.6 is 12.2 Å². The third-order valence-electron chi connectivity index (χ3n) is 6.05. The number of benzene rings is 2. The number of aromatic amines is 1. The number of rotatable bonds is 6. The van der Waals surface area contributed by atoms with Crippen molar-refractivity contribution in [2.24, 2.45) is 0 Å². The van der Waals surface area contributed by atoms with Crippen molar-refractivity contribution in [1.29, 1.82) is 0 Å². The number of piperazine rings is 1. The van der Waals surface area contributed by atoms with E-state index in [2.05, 4.69) is 4.98 Å². The lowest BCUT2D eigenvalue weighted by molar-refractivity contribution is -0.137. The predicted molar refractivity (Wildman–Crippen MR) is 126 cm³/mol. The highest BCUT2D eigenvalue weighted by Crippen LogP contribution is 2.29. The van der Waals surface area contributed by atoms with Gasteiger partial charge in [0.25, 0.3) is 5.56 Å². The van der Waals surface area contributed by atoms with Crippen molar-refractivity contribution < 1.29 is 18.0 Å². The number of para-hydroxylation sites is 1. The smallest absolute Gasteiger partial charge is 0.340 e. The summed E-state index contributed by atoms with van der Waals surface area (Å²) < 4.78 is 40.6. The van der Waals surface area contributed by atoms with Crippen molar-refractivity contribution in [1.82, 2.24) is 19.4 Å². The van der Waals surface area contributed by atoms with Gasteiger partial charge in [-0.25, -0.2) is 0 Å². The maximum absolute atomic E-state index is 12.9. The first-order valence-electron chi connectivity index (χ1n) is 11.1. The summed E-state index contributed by atoms with van der Waals surface area (Å²) in [5, 5.41) is 0.555. The molecule has 1 aliphatic rings. The minimum atomic E-state index is -4.36. The zero-order valence-electron chi connectivity index (χ0n) is 18.5. The Morgan fingerprint density at radius 2 is 1.76 bits per heavy atom. The van der Waals surface area contributed by atoms with Crippen LogP contribution in [0.5, 0.6) is 0 Å². The molecule has 0 atom stereocenters. The van der Waals surface area contributed by atoms with E-state index in [1.165, 1.54) is 16.7 Å². The Balaban J connectivity index is 1.27. The number of amides is 1. The first-order valence-corrected chi connectivity index (χ1v) is 11.5. The molecular weight excluding hydrogens is 465 g/mol. The molecule has 0 aliphatic carbocycles. The van der Waals surface area contributed by atoms with Crippen LogP contribution in [0.15, 0.2) is 53.3 Å². The number of nitrogens with zero attached hydrogens (tertiary/aromatic N) is 3. The van der Waals surface area contributed by atoms with Crippen molar-refractivity contribution in [3.63, 3.8) is 0 Å². The predicted octanol–water partition coefficient (Wildman–Crippen LogP) is 4.20. The van der Waals surface area contributed by atoms with Crippen molar-refractivity contribution in [2.75, 3.05) is 26.2 Å². The maximum Gasteiger partial charge on any atom is 0.416 e. The quantitative estimate of drug-likeness (QED) is 0.526. The first-order chi connectivity index (χ1) is 16.2. The van der Waals surface area contributed by atoms with Gasteiger partial charge in [0, 0.05) is 45.7 Å². The molecule has 1 fully saturated rings. The summed E-state index contributed by atoms with van der Waals surface area (Å²) in [4.78, 5) is 32.2. The largest absolute Gasteiger partial charge is 0.416 e. The third-order valence-corrected chi connectivity index (χ3v) is 6.37. The highest BCUT2D eigenvalue weighted by molar-refractivity contribution is 7.71. The van der Waals surface area contributed by atoms with E-state index in [0.717, 1.165) is 6.07 Å². The molecule has 6 nitrogen and oxygen atoms in total. The van der Waals surface area contributed by atoms with Gasteiger partial charge in [-0.1, -0.05) is 30.3 Å². The molecule has 10 heteroatoms. The van der Waals surface area contributed by atoms with Gasteiger partial charge in [-0.3, -0.25) is 19.1 Å². The van der Waals surface area contributed by atoms with Crippen molar-refractivity contribution in [2.45, 2.75) is 32.1 Å². The van der Waals surface area contributed by atoms with Crippen LogP contribution in [0.4, 0.5) is 13.2 Å². The van der Waals surface area contributed by atoms with E-state index in [9.17, 15) is 22.8 Å². The number of carbonyl (C=O) groups excluding carboxylic acids is 1. The highest BCUT2D eigenvalue weighted by Gasteiger charge is 2.30. The molecule has 1 aromatic heterocycles. The van der Waals surface area contributed by atoms with Crippen LogP contribution in [0.3, 0.4) is 0 Å². The molecule has 4 rings (SSSR count). The molecule has 0 saturated carbocycles. The van der Waals surface area contributed by atoms with E-state index < -0.39 is 11.7 Å². The Bertz CT molecular complexity index is 1290. The summed E-state index contributed by atoms with van der Waals surface area (Å²) >= 11 is 5.31. The van der Waals surface area contributed by atoms with Crippen LogP contribution in [-0.2, 0) is 24.1 Å². The summed E-state index contributed by atoms with van der Waals surface area (Å²) in [6.45, 7) is 2.99. The molecule has 1 saturated heterocycles. The maximum atomic E-state index is 12.9. The molecule has 180 valence electrons. The van der Waals surface area contributed by atoms with Gasteiger partial charge in [0.05, 0.1) is 16.5 Å². The summed E-state index contributed by atoms with van der Waals surface area (Å²) in [6, 6.07) is 12.5. The SMILES string of the molecule is O=C(CCCn1c(=S)[nH]c2ccccc2c1=O)N1CCN(Cc2cccc(C(F)(F)F)c2)CC1. The number of carbonyl (C=O) groups is 1.